The third-order valence-electron chi connectivity index (χ3n) is 2.60. The monoisotopic (exact) mass is 240 g/mol. The van der Waals surface area contributed by atoms with Gasteiger partial charge in [0, 0.05) is 12.4 Å². The second-order valence-electron chi connectivity index (χ2n) is 4.04. The summed E-state index contributed by atoms with van der Waals surface area (Å²) >= 11 is 0. The Morgan fingerprint density at radius 2 is 2.17 bits per heavy atom. The van der Waals surface area contributed by atoms with E-state index >= 15 is 0 Å². The van der Waals surface area contributed by atoms with Crippen molar-refractivity contribution in [1.29, 1.82) is 0 Å². The maximum Gasteiger partial charge on any atom is 0.138 e. The van der Waals surface area contributed by atoms with Crippen molar-refractivity contribution < 1.29 is 4.74 Å². The van der Waals surface area contributed by atoms with Crippen molar-refractivity contribution in [1.82, 2.24) is 20.0 Å². The molecule has 0 atom stereocenters. The molecule has 0 aliphatic heterocycles. The van der Waals surface area contributed by atoms with E-state index in [4.69, 9.17) is 4.74 Å². The molecular formula is C13H12N4O. The molecule has 0 unspecified atom stereocenters. The number of aryl methyl sites for hydroxylation is 1. The van der Waals surface area contributed by atoms with E-state index in [-0.39, 0.29) is 0 Å². The highest BCUT2D eigenvalue weighted by Crippen LogP contribution is 2.18. The van der Waals surface area contributed by atoms with Crippen LogP contribution in [0.2, 0.25) is 0 Å². The average Bonchev–Trinajstić information content (AvgIpc) is 2.82. The minimum Gasteiger partial charge on any atom is -0.486 e. The Bertz CT molecular complexity index is 677. The van der Waals surface area contributed by atoms with Crippen molar-refractivity contribution in [2.75, 3.05) is 0 Å². The van der Waals surface area contributed by atoms with Crippen molar-refractivity contribution in [3.05, 3.63) is 48.4 Å². The molecule has 18 heavy (non-hydrogen) atoms. The molecule has 2 heterocycles. The van der Waals surface area contributed by atoms with Gasteiger partial charge in [-0.25, -0.2) is 0 Å². The Balaban J connectivity index is 1.78. The zero-order valence-electron chi connectivity index (χ0n) is 9.95. The first-order valence-corrected chi connectivity index (χ1v) is 5.64. The molecule has 3 aromatic rings. The lowest BCUT2D eigenvalue weighted by Gasteiger charge is -2.04. The largest absolute Gasteiger partial charge is 0.486 e. The summed E-state index contributed by atoms with van der Waals surface area (Å²) in [6.45, 7) is 0.397. The topological polar surface area (TPSA) is 52.8 Å². The van der Waals surface area contributed by atoms with E-state index in [0.717, 1.165) is 22.3 Å². The van der Waals surface area contributed by atoms with Gasteiger partial charge in [0.1, 0.15) is 18.1 Å². The lowest BCUT2D eigenvalue weighted by molar-refractivity contribution is 0.300. The van der Waals surface area contributed by atoms with Gasteiger partial charge in [-0.05, 0) is 12.1 Å². The molecule has 0 amide bonds. The molecule has 0 saturated carbocycles. The molecule has 5 heteroatoms. The Labute approximate surface area is 104 Å². The van der Waals surface area contributed by atoms with Crippen molar-refractivity contribution in [2.24, 2.45) is 7.05 Å². The zero-order chi connectivity index (χ0) is 12.4. The molecule has 0 fully saturated rings. The number of fused-ring (bicyclic) bond motifs is 1. The normalized spacial score (nSPS) is 10.7. The minimum atomic E-state index is 0.397. The Kier molecular flexibility index (Phi) is 2.64. The van der Waals surface area contributed by atoms with E-state index in [0.29, 0.717) is 6.61 Å². The van der Waals surface area contributed by atoms with Crippen molar-refractivity contribution in [3.63, 3.8) is 0 Å². The quantitative estimate of drug-likeness (QED) is 0.702. The number of pyridine rings is 1. The number of benzene rings is 1. The second-order valence-corrected chi connectivity index (χ2v) is 4.04. The lowest BCUT2D eigenvalue weighted by Crippen LogP contribution is -1.96. The predicted octanol–water partition coefficient (Wildman–Crippen LogP) is 1.94. The van der Waals surface area contributed by atoms with Crippen LogP contribution in [0.4, 0.5) is 0 Å². The van der Waals surface area contributed by atoms with Gasteiger partial charge >= 0.3 is 0 Å². The first-order chi connectivity index (χ1) is 8.81. The number of para-hydroxylation sites is 1. The molecule has 1 aromatic carbocycles. The lowest BCUT2D eigenvalue weighted by atomic mass is 10.2. The number of hydrogen-bond donors (Lipinski definition) is 0. The molecule has 0 bridgehead atoms. The molecule has 5 nitrogen and oxygen atoms in total. The van der Waals surface area contributed by atoms with Gasteiger partial charge in [-0.2, -0.15) is 0 Å². The average molecular weight is 240 g/mol. The molecule has 2 aromatic heterocycles. The molecule has 0 radical (unpaired) electrons. The van der Waals surface area contributed by atoms with Crippen LogP contribution in [0.1, 0.15) is 5.69 Å². The molecule has 0 spiro atoms. The molecule has 0 aliphatic carbocycles. The summed E-state index contributed by atoms with van der Waals surface area (Å²) in [7, 11) is 1.83. The van der Waals surface area contributed by atoms with Crippen LogP contribution in [-0.2, 0) is 13.7 Å². The zero-order valence-corrected chi connectivity index (χ0v) is 9.95. The van der Waals surface area contributed by atoms with Crippen molar-refractivity contribution in [3.8, 4) is 5.75 Å². The maximum absolute atomic E-state index is 5.64. The third-order valence-corrected chi connectivity index (χ3v) is 2.60. The van der Waals surface area contributed by atoms with Gasteiger partial charge in [0.25, 0.3) is 0 Å². The molecule has 0 saturated heterocycles. The Morgan fingerprint density at radius 3 is 3.00 bits per heavy atom. The van der Waals surface area contributed by atoms with Gasteiger partial charge in [0.15, 0.2) is 0 Å². The van der Waals surface area contributed by atoms with Crippen LogP contribution in [0.5, 0.6) is 5.75 Å². The minimum absolute atomic E-state index is 0.397. The SMILES string of the molecule is Cn1cc(COc2cnc3ccccc3c2)nn1. The number of aromatic nitrogens is 4. The van der Waals surface area contributed by atoms with E-state index in [2.05, 4.69) is 15.3 Å². The summed E-state index contributed by atoms with van der Waals surface area (Å²) in [5, 5.41) is 8.87. The maximum atomic E-state index is 5.64. The van der Waals surface area contributed by atoms with E-state index in [9.17, 15) is 0 Å². The first-order valence-electron chi connectivity index (χ1n) is 5.64. The fraction of sp³-hybridized carbons (Fsp3) is 0.154. The molecule has 0 aliphatic rings. The highest BCUT2D eigenvalue weighted by molar-refractivity contribution is 5.79. The fourth-order valence-corrected chi connectivity index (χ4v) is 1.75. The highest BCUT2D eigenvalue weighted by Gasteiger charge is 2.01. The Morgan fingerprint density at radius 1 is 1.28 bits per heavy atom. The number of ether oxygens (including phenoxy) is 1. The van der Waals surface area contributed by atoms with Gasteiger partial charge < -0.3 is 4.74 Å². The molecule has 90 valence electrons. The number of hydrogen-bond acceptors (Lipinski definition) is 4. The molecular weight excluding hydrogens is 228 g/mol. The number of rotatable bonds is 3. The third kappa shape index (κ3) is 2.15. The summed E-state index contributed by atoms with van der Waals surface area (Å²) < 4.78 is 7.29. The summed E-state index contributed by atoms with van der Waals surface area (Å²) in [6.07, 6.45) is 3.55. The van der Waals surface area contributed by atoms with Crippen LogP contribution in [0.25, 0.3) is 10.9 Å². The van der Waals surface area contributed by atoms with Gasteiger partial charge in [0.05, 0.1) is 17.9 Å². The second kappa shape index (κ2) is 4.44. The van der Waals surface area contributed by atoms with Gasteiger partial charge in [-0.1, -0.05) is 23.4 Å². The number of nitrogens with zero attached hydrogens (tertiary/aromatic N) is 4. The summed E-state index contributed by atoms with van der Waals surface area (Å²) in [5.41, 5.74) is 1.76. The van der Waals surface area contributed by atoms with Crippen molar-refractivity contribution in [2.45, 2.75) is 6.61 Å². The van der Waals surface area contributed by atoms with E-state index in [1.165, 1.54) is 0 Å². The van der Waals surface area contributed by atoms with Gasteiger partial charge in [-0.3, -0.25) is 9.67 Å². The van der Waals surface area contributed by atoms with Crippen LogP contribution in [-0.4, -0.2) is 20.0 Å². The molecule has 3 rings (SSSR count). The van der Waals surface area contributed by atoms with Crippen molar-refractivity contribution >= 4 is 10.9 Å². The van der Waals surface area contributed by atoms with E-state index in [1.54, 1.807) is 10.9 Å². The predicted molar refractivity (Wildman–Crippen MR) is 67.1 cm³/mol. The highest BCUT2D eigenvalue weighted by atomic mass is 16.5. The van der Waals surface area contributed by atoms with Crippen LogP contribution < -0.4 is 4.74 Å². The Hall–Kier alpha value is -2.43. The van der Waals surface area contributed by atoms with Crippen LogP contribution in [0.15, 0.2) is 42.7 Å². The van der Waals surface area contributed by atoms with E-state index in [1.807, 2.05) is 43.6 Å². The summed E-state index contributed by atoms with van der Waals surface area (Å²) in [5.74, 6) is 0.736. The molecule has 0 N–H and O–H groups in total. The smallest absolute Gasteiger partial charge is 0.138 e. The first kappa shape index (κ1) is 10.7. The van der Waals surface area contributed by atoms with E-state index < -0.39 is 0 Å². The van der Waals surface area contributed by atoms with Crippen LogP contribution >= 0.6 is 0 Å². The van der Waals surface area contributed by atoms with Crippen LogP contribution in [0, 0.1) is 0 Å². The summed E-state index contributed by atoms with van der Waals surface area (Å²) in [4.78, 5) is 4.33. The standard InChI is InChI=1S/C13H12N4O/c1-17-8-11(15-16-17)9-18-12-6-10-4-2-3-5-13(10)14-7-12/h2-8H,9H2,1H3. The summed E-state index contributed by atoms with van der Waals surface area (Å²) in [6, 6.07) is 9.91. The van der Waals surface area contributed by atoms with Gasteiger partial charge in [0.2, 0.25) is 0 Å². The van der Waals surface area contributed by atoms with Crippen LogP contribution in [0.3, 0.4) is 0 Å². The van der Waals surface area contributed by atoms with Gasteiger partial charge in [-0.15, -0.1) is 5.10 Å². The fourth-order valence-electron chi connectivity index (χ4n) is 1.75.